The van der Waals surface area contributed by atoms with E-state index in [0.29, 0.717) is 0 Å². The van der Waals surface area contributed by atoms with Crippen LogP contribution in [0.3, 0.4) is 0 Å². The summed E-state index contributed by atoms with van der Waals surface area (Å²) in [4.78, 5) is 9.81. The van der Waals surface area contributed by atoms with Crippen LogP contribution in [-0.4, -0.2) is 165 Å². The Labute approximate surface area is 720 Å². The molecule has 0 spiro atoms. The smallest absolute Gasteiger partial charge is 0.194 e. The standard InChI is InChI=1S/5C8H20N.CH3NO2.N3.32O.12V/c5*1-5-9(6-2,7-3)8-4;1-2(3)4;1-3-2;;;;;;;;;;;;;;;;;;;;;;;;;;;;;;;;;;;;;;;;;;;;/h5*5-8H2,1-4H3;1H3;;;;;;;;;;;;;;;;;;;;;;;;;;;;;;;;;;;;;;;;;;;;;/q5*+1;;-1;32*-2;;;;;;;;;;;;. The van der Waals surface area contributed by atoms with Crippen molar-refractivity contribution in [3.8, 4) is 0 Å². The molecule has 55 heteroatoms. The van der Waals surface area contributed by atoms with Gasteiger partial charge in [-0.1, -0.05) is 0 Å². The van der Waals surface area contributed by atoms with Crippen LogP contribution in [0.2, 0.25) is 0 Å². The van der Waals surface area contributed by atoms with Gasteiger partial charge in [0.2, 0.25) is 0 Å². The van der Waals surface area contributed by atoms with Crippen molar-refractivity contribution in [1.82, 2.24) is 0 Å². The van der Waals surface area contributed by atoms with Gasteiger partial charge in [0, 0.05) is 228 Å². The minimum atomic E-state index is -0.500. The first-order chi connectivity index (χ1) is 24.4. The molecule has 0 amide bonds. The van der Waals surface area contributed by atoms with Crippen LogP contribution in [0.1, 0.15) is 138 Å². The van der Waals surface area contributed by atoms with E-state index in [4.69, 9.17) is 21.2 Å². The van der Waals surface area contributed by atoms with Crippen LogP contribution in [0.5, 0.6) is 0 Å². The van der Waals surface area contributed by atoms with E-state index in [9.17, 15) is 0 Å². The van der Waals surface area contributed by atoms with Crippen LogP contribution in [0.15, 0.2) is 0 Å². The molecule has 0 aromatic rings. The van der Waals surface area contributed by atoms with Crippen molar-refractivity contribution in [2.75, 3.05) is 138 Å². The zero-order valence-electron chi connectivity index (χ0n) is 58.4. The van der Waals surface area contributed by atoms with Crippen LogP contribution in [0.4, 0.5) is 0 Å². The molecule has 0 aliphatic rings. The number of hydrogen-bond donors (Lipinski definition) is 0. The minimum absolute atomic E-state index is 0. The fraction of sp³-hybridized carbons (Fsp3) is 1.00. The maximum absolute atomic E-state index is 8.81. The minimum Gasteiger partial charge on any atom is -2.00 e. The van der Waals surface area contributed by atoms with Gasteiger partial charge in [-0.3, -0.25) is 15.0 Å². The van der Waals surface area contributed by atoms with Gasteiger partial charge in [0.05, 0.1) is 131 Å². The summed E-state index contributed by atoms with van der Waals surface area (Å²) in [5.41, 5.74) is 13.5. The van der Waals surface area contributed by atoms with Gasteiger partial charge in [-0.2, -0.15) is 0 Å². The van der Waals surface area contributed by atoms with Crippen LogP contribution < -0.4 is 0 Å². The number of rotatable bonds is 20. The molecule has 0 N–H and O–H groups in total. The summed E-state index contributed by atoms with van der Waals surface area (Å²) in [5.74, 6) is 0. The summed E-state index contributed by atoms with van der Waals surface area (Å²) in [6.45, 7) is 71.1. The van der Waals surface area contributed by atoms with E-state index in [1.165, 1.54) is 158 Å². The van der Waals surface area contributed by atoms with Gasteiger partial charge in [-0.05, 0) is 138 Å². The van der Waals surface area contributed by atoms with Crippen molar-refractivity contribution in [2.24, 2.45) is 0 Å². The van der Waals surface area contributed by atoms with E-state index in [2.05, 4.69) is 138 Å². The second-order valence-corrected chi connectivity index (χ2v) is 13.6. The molecule has 0 saturated heterocycles. The molecule has 43 nitrogen and oxygen atoms in total. The Morgan fingerprint density at radius 2 is 0.219 bits per heavy atom. The van der Waals surface area contributed by atoms with Crippen LogP contribution in [0.25, 0.3) is 16.0 Å². The molecule has 12 radical (unpaired) electrons. The summed E-state index contributed by atoms with van der Waals surface area (Å²) in [6, 6.07) is 0. The summed E-state index contributed by atoms with van der Waals surface area (Å²) >= 11 is 0. The quantitative estimate of drug-likeness (QED) is 0.0336. The fourth-order valence-corrected chi connectivity index (χ4v) is 6.71. The van der Waals surface area contributed by atoms with Gasteiger partial charge in [0.25, 0.3) is 0 Å². The molecule has 0 unspecified atom stereocenters. The number of nitro groups is 1. The third-order valence-electron chi connectivity index (χ3n) is 13.4. The van der Waals surface area contributed by atoms with Crippen molar-refractivity contribution < 1.29 is 425 Å². The summed E-state index contributed by atoms with van der Waals surface area (Å²) < 4.78 is 6.39. The molecule has 0 saturated carbocycles. The Balaban J connectivity index is -0.00000000472. The van der Waals surface area contributed by atoms with Crippen molar-refractivity contribution in [3.63, 3.8) is 0 Å². The van der Waals surface area contributed by atoms with E-state index in [-0.39, 0.29) is 398 Å². The fourth-order valence-electron chi connectivity index (χ4n) is 6.71. The topological polar surface area (TPSA) is 1010 Å². The molecular formula is C41H103N9O34V12-60. The number of hydrogen-bond acceptors (Lipinski definition) is 2. The van der Waals surface area contributed by atoms with E-state index < -0.39 is 4.92 Å². The maximum atomic E-state index is 8.81. The molecule has 0 aromatic heterocycles. The van der Waals surface area contributed by atoms with Gasteiger partial charge in [0.15, 0.2) is 7.05 Å². The van der Waals surface area contributed by atoms with Gasteiger partial charge in [0.1, 0.15) is 0 Å². The van der Waals surface area contributed by atoms with E-state index >= 15 is 0 Å². The second-order valence-electron chi connectivity index (χ2n) is 13.6. The van der Waals surface area contributed by atoms with Crippen LogP contribution >= 0.6 is 0 Å². The third-order valence-corrected chi connectivity index (χ3v) is 13.4. The molecule has 0 aromatic carbocycles. The van der Waals surface area contributed by atoms with Crippen molar-refractivity contribution in [3.05, 3.63) is 26.1 Å². The summed E-state index contributed by atoms with van der Waals surface area (Å²) in [6.07, 6.45) is 0. The molecule has 636 valence electrons. The van der Waals surface area contributed by atoms with Gasteiger partial charge in [-0.15, -0.1) is 0 Å². The first kappa shape index (κ1) is 407. The number of quaternary nitrogens is 5. The first-order valence-electron chi connectivity index (χ1n) is 21.7. The molecule has 0 aliphatic carbocycles. The number of nitrogens with zero attached hydrogens (tertiary/aromatic N) is 9. The molecule has 0 aliphatic heterocycles. The van der Waals surface area contributed by atoms with Gasteiger partial charge >= 0.3 is 0 Å². The summed E-state index contributed by atoms with van der Waals surface area (Å²) in [7, 11) is 0.889. The predicted molar refractivity (Wildman–Crippen MR) is 257 cm³/mol. The predicted octanol–water partition coefficient (Wildman–Crippen LogP) is 6.34. The van der Waals surface area contributed by atoms with Gasteiger partial charge in [-0.25, -0.2) is 0 Å². The Hall–Kier alpha value is 4.24. The largest absolute Gasteiger partial charge is 2.00 e. The Morgan fingerprint density at radius 3 is 0.219 bits per heavy atom. The Morgan fingerprint density at radius 1 is 0.198 bits per heavy atom. The zero-order valence-corrected chi connectivity index (χ0v) is 75.2. The van der Waals surface area contributed by atoms with Crippen LogP contribution in [-0.2, 0) is 398 Å². The molecule has 0 atom stereocenters. The average Bonchev–Trinajstić information content (AvgIpc) is 3.19. The van der Waals surface area contributed by atoms with E-state index in [0.717, 1.165) is 7.05 Å². The van der Waals surface area contributed by atoms with Crippen molar-refractivity contribution >= 4 is 0 Å². The Bertz CT molecular complexity index is 655. The molecule has 0 heterocycles. The maximum Gasteiger partial charge on any atom is 0.194 e. The monoisotopic (exact) mass is 1880 g/mol. The molecule has 96 heavy (non-hydrogen) atoms. The third kappa shape index (κ3) is 225. The molecule has 0 rings (SSSR count). The molecule has 0 fully saturated rings. The molecular weight excluding hydrogens is 1770 g/mol. The van der Waals surface area contributed by atoms with Crippen molar-refractivity contribution in [2.45, 2.75) is 138 Å². The summed E-state index contributed by atoms with van der Waals surface area (Å²) in [5, 5.41) is 8.81. The van der Waals surface area contributed by atoms with Crippen LogP contribution in [0, 0.1) is 10.1 Å². The Kier molecular flexibility index (Phi) is 1200. The molecule has 0 bridgehead atoms. The average molecular weight is 1880 g/mol. The second kappa shape index (κ2) is 282. The SMILES string of the molecule is CC[N+](CC)(CC)CC.CC[N+](CC)(CC)CC.CC[N+](CC)(CC)CC.CC[N+](CC)(CC)CC.CC[N+](CC)(CC)CC.C[N+](=O)[O-].[N-]=[N+]=[N-].[O-2].[O-2].[O-2].[O-2].[O-2].[O-2].[O-2].[O-2].[O-2].[O-2].[O-2].[O-2].[O-2].[O-2].[O-2].[O-2].[O-2].[O-2].[O-2].[O-2].[O-2].[O-2].[O-2].[O-2].[O-2].[O-2].[O-2].[O-2].[O-2].[O-2].[O-2].[O-2].[V].[V].[V].[V].[V].[V].[V].[V].[V].[V].[V].[V]. The van der Waals surface area contributed by atoms with Gasteiger partial charge < -0.3 is 209 Å². The first-order valence-corrected chi connectivity index (χ1v) is 21.7. The normalized spacial score (nSPS) is 5.97. The van der Waals surface area contributed by atoms with Crippen molar-refractivity contribution in [1.29, 1.82) is 0 Å². The van der Waals surface area contributed by atoms with E-state index in [1.54, 1.807) is 0 Å². The zero-order chi connectivity index (χ0) is 42.9. The van der Waals surface area contributed by atoms with E-state index in [1.807, 2.05) is 0 Å².